The average molecular weight is 252 g/mol. The molecule has 0 radical (unpaired) electrons. The van der Waals surface area contributed by atoms with Crippen LogP contribution in [0.5, 0.6) is 0 Å². The predicted octanol–water partition coefficient (Wildman–Crippen LogP) is 1.67. The predicted molar refractivity (Wildman–Crippen MR) is 76.8 cm³/mol. The van der Waals surface area contributed by atoms with Gasteiger partial charge in [0.05, 0.1) is 6.20 Å². The van der Waals surface area contributed by atoms with Crippen molar-refractivity contribution in [3.8, 4) is 0 Å². The smallest absolute Gasteiger partial charge is 0.0522 e. The van der Waals surface area contributed by atoms with Crippen molar-refractivity contribution in [1.82, 2.24) is 20.0 Å². The van der Waals surface area contributed by atoms with E-state index in [2.05, 4.69) is 49.2 Å². The molecule has 0 saturated heterocycles. The van der Waals surface area contributed by atoms with Crippen molar-refractivity contribution < 1.29 is 0 Å². The van der Waals surface area contributed by atoms with Gasteiger partial charge in [0.25, 0.3) is 0 Å². The van der Waals surface area contributed by atoms with Crippen LogP contribution in [0.2, 0.25) is 0 Å². The monoisotopic (exact) mass is 252 g/mol. The lowest BCUT2D eigenvalue weighted by atomic mass is 9.88. The van der Waals surface area contributed by atoms with Gasteiger partial charge in [-0.15, -0.1) is 0 Å². The molecular weight excluding hydrogens is 224 g/mol. The molecule has 0 aliphatic carbocycles. The maximum absolute atomic E-state index is 4.25. The first-order chi connectivity index (χ1) is 8.45. The van der Waals surface area contributed by atoms with Gasteiger partial charge in [-0.05, 0) is 46.0 Å². The van der Waals surface area contributed by atoms with Crippen LogP contribution in [-0.4, -0.2) is 46.4 Å². The van der Waals surface area contributed by atoms with Crippen molar-refractivity contribution in [3.05, 3.63) is 18.0 Å². The summed E-state index contributed by atoms with van der Waals surface area (Å²) < 4.78 is 1.87. The standard InChI is InChI=1S/C14H28N4/c1-7-18(8-2)14(3,4)13(15-5)9-12-10-16-17(6)11-12/h10-11,13,15H,7-9H2,1-6H3. The number of hydrogen-bond donors (Lipinski definition) is 1. The van der Waals surface area contributed by atoms with E-state index in [9.17, 15) is 0 Å². The lowest BCUT2D eigenvalue weighted by molar-refractivity contribution is 0.0943. The number of hydrogen-bond acceptors (Lipinski definition) is 3. The Kier molecular flexibility index (Phi) is 5.35. The summed E-state index contributed by atoms with van der Waals surface area (Å²) in [7, 11) is 4.01. The van der Waals surface area contributed by atoms with Gasteiger partial charge in [-0.1, -0.05) is 13.8 Å². The molecule has 1 aromatic rings. The van der Waals surface area contributed by atoms with Crippen LogP contribution in [0.4, 0.5) is 0 Å². The molecule has 1 N–H and O–H groups in total. The zero-order valence-corrected chi connectivity index (χ0v) is 12.7. The van der Waals surface area contributed by atoms with Gasteiger partial charge in [0.1, 0.15) is 0 Å². The summed E-state index contributed by atoms with van der Waals surface area (Å²) in [6.45, 7) is 11.2. The van der Waals surface area contributed by atoms with Gasteiger partial charge in [0.2, 0.25) is 0 Å². The van der Waals surface area contributed by atoms with Crippen LogP contribution in [0.25, 0.3) is 0 Å². The van der Waals surface area contributed by atoms with E-state index in [0.717, 1.165) is 19.5 Å². The fourth-order valence-electron chi connectivity index (χ4n) is 2.78. The van der Waals surface area contributed by atoms with E-state index < -0.39 is 0 Å². The summed E-state index contributed by atoms with van der Waals surface area (Å²) in [5.74, 6) is 0. The normalized spacial score (nSPS) is 14.2. The van der Waals surface area contributed by atoms with Crippen molar-refractivity contribution in [1.29, 1.82) is 0 Å². The lowest BCUT2D eigenvalue weighted by Crippen LogP contribution is -2.57. The second-order valence-corrected chi connectivity index (χ2v) is 5.39. The highest BCUT2D eigenvalue weighted by molar-refractivity contribution is 5.09. The third kappa shape index (κ3) is 3.33. The van der Waals surface area contributed by atoms with Crippen molar-refractivity contribution in [2.24, 2.45) is 7.05 Å². The van der Waals surface area contributed by atoms with Crippen LogP contribution >= 0.6 is 0 Å². The fraction of sp³-hybridized carbons (Fsp3) is 0.786. The SMILES string of the molecule is CCN(CC)C(C)(C)C(Cc1cnn(C)c1)NC. The third-order valence-corrected chi connectivity index (χ3v) is 3.98. The highest BCUT2D eigenvalue weighted by Gasteiger charge is 2.33. The Balaban J connectivity index is 2.81. The minimum absolute atomic E-state index is 0.133. The van der Waals surface area contributed by atoms with Gasteiger partial charge in [-0.2, -0.15) is 5.10 Å². The summed E-state index contributed by atoms with van der Waals surface area (Å²) in [5, 5.41) is 7.72. The summed E-state index contributed by atoms with van der Waals surface area (Å²) >= 11 is 0. The Bertz CT molecular complexity index is 352. The number of aryl methyl sites for hydroxylation is 1. The first kappa shape index (κ1) is 15.2. The maximum Gasteiger partial charge on any atom is 0.0522 e. The van der Waals surface area contributed by atoms with Gasteiger partial charge in [-0.25, -0.2) is 0 Å². The topological polar surface area (TPSA) is 33.1 Å². The second-order valence-electron chi connectivity index (χ2n) is 5.39. The van der Waals surface area contributed by atoms with Crippen LogP contribution in [0.15, 0.2) is 12.4 Å². The van der Waals surface area contributed by atoms with Crippen LogP contribution in [0.1, 0.15) is 33.3 Å². The Labute approximate surface area is 111 Å². The first-order valence-electron chi connectivity index (χ1n) is 6.85. The number of likely N-dealkylation sites (N-methyl/N-ethyl adjacent to an activating group) is 2. The molecule has 1 atom stereocenters. The molecule has 0 amide bonds. The van der Waals surface area contributed by atoms with Crippen LogP contribution in [0, 0.1) is 0 Å². The minimum Gasteiger partial charge on any atom is -0.315 e. The van der Waals surface area contributed by atoms with E-state index >= 15 is 0 Å². The Morgan fingerprint density at radius 1 is 1.39 bits per heavy atom. The summed E-state index contributed by atoms with van der Waals surface area (Å²) in [5.41, 5.74) is 1.42. The summed E-state index contributed by atoms with van der Waals surface area (Å²) in [6.07, 6.45) is 5.07. The maximum atomic E-state index is 4.25. The Morgan fingerprint density at radius 3 is 2.39 bits per heavy atom. The average Bonchev–Trinajstić information content (AvgIpc) is 2.72. The van der Waals surface area contributed by atoms with E-state index in [1.54, 1.807) is 0 Å². The molecule has 0 aliphatic rings. The first-order valence-corrected chi connectivity index (χ1v) is 6.85. The number of nitrogens with zero attached hydrogens (tertiary/aromatic N) is 3. The number of aromatic nitrogens is 2. The van der Waals surface area contributed by atoms with E-state index in [1.165, 1.54) is 5.56 Å². The van der Waals surface area contributed by atoms with E-state index in [-0.39, 0.29) is 5.54 Å². The summed E-state index contributed by atoms with van der Waals surface area (Å²) in [4.78, 5) is 2.50. The molecule has 104 valence electrons. The van der Waals surface area contributed by atoms with E-state index in [0.29, 0.717) is 6.04 Å². The second kappa shape index (κ2) is 6.34. The molecule has 4 heteroatoms. The van der Waals surface area contributed by atoms with Gasteiger partial charge in [0.15, 0.2) is 0 Å². The zero-order chi connectivity index (χ0) is 13.8. The Hall–Kier alpha value is -0.870. The molecule has 18 heavy (non-hydrogen) atoms. The molecule has 1 heterocycles. The minimum atomic E-state index is 0.133. The molecule has 1 unspecified atom stereocenters. The van der Waals surface area contributed by atoms with Crippen LogP contribution in [-0.2, 0) is 13.5 Å². The van der Waals surface area contributed by atoms with Crippen molar-refractivity contribution >= 4 is 0 Å². The quantitative estimate of drug-likeness (QED) is 0.801. The van der Waals surface area contributed by atoms with Crippen molar-refractivity contribution in [3.63, 3.8) is 0 Å². The molecule has 1 rings (SSSR count). The van der Waals surface area contributed by atoms with Crippen molar-refractivity contribution in [2.75, 3.05) is 20.1 Å². The van der Waals surface area contributed by atoms with Gasteiger partial charge < -0.3 is 5.32 Å². The van der Waals surface area contributed by atoms with E-state index in [4.69, 9.17) is 0 Å². The Morgan fingerprint density at radius 2 is 2.00 bits per heavy atom. The molecule has 4 nitrogen and oxygen atoms in total. The highest BCUT2D eigenvalue weighted by atomic mass is 15.2. The lowest BCUT2D eigenvalue weighted by Gasteiger charge is -2.43. The molecular formula is C14H28N4. The highest BCUT2D eigenvalue weighted by Crippen LogP contribution is 2.21. The molecule has 0 aliphatic heterocycles. The van der Waals surface area contributed by atoms with Crippen LogP contribution < -0.4 is 5.32 Å². The number of nitrogens with one attached hydrogen (secondary N) is 1. The van der Waals surface area contributed by atoms with Gasteiger partial charge >= 0.3 is 0 Å². The largest absolute Gasteiger partial charge is 0.315 e. The van der Waals surface area contributed by atoms with Gasteiger partial charge in [-0.3, -0.25) is 9.58 Å². The molecule has 0 saturated carbocycles. The van der Waals surface area contributed by atoms with E-state index in [1.807, 2.05) is 25.0 Å². The molecule has 0 bridgehead atoms. The third-order valence-electron chi connectivity index (χ3n) is 3.98. The molecule has 0 aromatic carbocycles. The molecule has 0 spiro atoms. The fourth-order valence-corrected chi connectivity index (χ4v) is 2.78. The van der Waals surface area contributed by atoms with Crippen LogP contribution in [0.3, 0.4) is 0 Å². The zero-order valence-electron chi connectivity index (χ0n) is 12.7. The van der Waals surface area contributed by atoms with Crippen molar-refractivity contribution in [2.45, 2.75) is 45.7 Å². The summed E-state index contributed by atoms with van der Waals surface area (Å²) in [6, 6.07) is 0.418. The number of rotatable bonds is 7. The van der Waals surface area contributed by atoms with Gasteiger partial charge in [0, 0.05) is 24.8 Å². The molecule has 0 fully saturated rings. The molecule has 1 aromatic heterocycles.